The summed E-state index contributed by atoms with van der Waals surface area (Å²) in [6, 6.07) is 21.5. The summed E-state index contributed by atoms with van der Waals surface area (Å²) in [5.41, 5.74) is 0.655. The highest BCUT2D eigenvalue weighted by Gasteiger charge is 2.36. The molecule has 216 valence electrons. The molecule has 5 rings (SSSR count). The lowest BCUT2D eigenvalue weighted by Gasteiger charge is -2.21. The van der Waals surface area contributed by atoms with Crippen LogP contribution in [0.1, 0.15) is 51.8 Å². The quantitative estimate of drug-likeness (QED) is 0.265. The first-order valence-electron chi connectivity index (χ1n) is 13.0. The Kier molecular flexibility index (Phi) is 7.90. The van der Waals surface area contributed by atoms with Crippen LogP contribution in [0.3, 0.4) is 0 Å². The summed E-state index contributed by atoms with van der Waals surface area (Å²) in [7, 11) is -3.37. The molecule has 1 aliphatic carbocycles. The van der Waals surface area contributed by atoms with E-state index in [0.717, 1.165) is 41.5 Å². The van der Waals surface area contributed by atoms with Gasteiger partial charge in [-0.05, 0) is 78.9 Å². The summed E-state index contributed by atoms with van der Waals surface area (Å²) in [5, 5.41) is 19.0. The van der Waals surface area contributed by atoms with Gasteiger partial charge in [-0.3, -0.25) is 4.79 Å². The SMILES string of the molecule is CS(=O)(=O)c1ccc(C(NCC2CC2)c2cccc(NC(=O)c3cc(C(F)(F)F)nn3-c3cccc(C#N)c3)c2)cc1. The lowest BCUT2D eigenvalue weighted by Crippen LogP contribution is -2.25. The van der Waals surface area contributed by atoms with Crippen LogP contribution < -0.4 is 10.6 Å². The lowest BCUT2D eigenvalue weighted by atomic mass is 9.98. The minimum absolute atomic E-state index is 0.130. The number of nitrogens with zero attached hydrogens (tertiary/aromatic N) is 3. The molecule has 1 atom stereocenters. The minimum Gasteiger partial charge on any atom is -0.321 e. The zero-order chi connectivity index (χ0) is 30.1. The van der Waals surface area contributed by atoms with Gasteiger partial charge in [-0.2, -0.15) is 23.5 Å². The summed E-state index contributed by atoms with van der Waals surface area (Å²) in [6.07, 6.45) is -1.41. The van der Waals surface area contributed by atoms with Gasteiger partial charge in [-0.25, -0.2) is 13.1 Å². The van der Waals surface area contributed by atoms with Crippen LogP contribution in [0.2, 0.25) is 0 Å². The highest BCUT2D eigenvalue weighted by molar-refractivity contribution is 7.90. The molecule has 4 aromatic rings. The molecule has 2 N–H and O–H groups in total. The predicted molar refractivity (Wildman–Crippen MR) is 150 cm³/mol. The smallest absolute Gasteiger partial charge is 0.321 e. The van der Waals surface area contributed by atoms with E-state index in [9.17, 15) is 31.6 Å². The maximum atomic E-state index is 13.6. The first-order valence-corrected chi connectivity index (χ1v) is 14.9. The Morgan fingerprint density at radius 3 is 2.40 bits per heavy atom. The number of hydrogen-bond acceptors (Lipinski definition) is 6. The molecule has 0 radical (unpaired) electrons. The van der Waals surface area contributed by atoms with Gasteiger partial charge < -0.3 is 10.6 Å². The van der Waals surface area contributed by atoms with Crippen LogP contribution in [0.15, 0.2) is 83.8 Å². The van der Waals surface area contributed by atoms with Crippen molar-refractivity contribution in [2.75, 3.05) is 18.1 Å². The van der Waals surface area contributed by atoms with Crippen LogP contribution in [-0.2, 0) is 16.0 Å². The van der Waals surface area contributed by atoms with Crippen molar-refractivity contribution >= 4 is 21.4 Å². The van der Waals surface area contributed by atoms with Crippen LogP contribution in [-0.4, -0.2) is 36.9 Å². The number of amides is 1. The first kappa shape index (κ1) is 29.0. The molecule has 1 aliphatic rings. The molecule has 1 heterocycles. The molecular weight excluding hydrogens is 567 g/mol. The topological polar surface area (TPSA) is 117 Å². The van der Waals surface area contributed by atoms with Crippen LogP contribution in [0.5, 0.6) is 0 Å². The number of carbonyl (C=O) groups is 1. The second-order valence-electron chi connectivity index (χ2n) is 10.2. The molecule has 0 aliphatic heterocycles. The zero-order valence-corrected chi connectivity index (χ0v) is 23.2. The van der Waals surface area contributed by atoms with E-state index in [-0.39, 0.29) is 27.9 Å². The van der Waals surface area contributed by atoms with Crippen molar-refractivity contribution in [3.8, 4) is 11.8 Å². The minimum atomic E-state index is -4.79. The average molecular weight is 594 g/mol. The standard InChI is InChI=1S/C30H26F3N5O3S/c1-42(40,41)25-12-10-21(11-13-25)28(35-18-19-8-9-19)22-5-3-6-23(15-22)36-29(39)26-16-27(30(31,32)33)37-38(26)24-7-2-4-20(14-24)17-34/h2-7,10-16,19,28,35H,8-9,18H2,1H3,(H,36,39). The normalized spacial score (nSPS) is 14.3. The molecule has 42 heavy (non-hydrogen) atoms. The number of carbonyl (C=O) groups excluding carboxylic acids is 1. The number of halogens is 3. The van der Waals surface area contributed by atoms with E-state index in [2.05, 4.69) is 15.7 Å². The molecule has 3 aromatic carbocycles. The number of nitrogens with one attached hydrogen (secondary N) is 2. The summed E-state index contributed by atoms with van der Waals surface area (Å²) in [6.45, 7) is 0.746. The fourth-order valence-electron chi connectivity index (χ4n) is 4.52. The van der Waals surface area contributed by atoms with E-state index >= 15 is 0 Å². The van der Waals surface area contributed by atoms with Crippen LogP contribution in [0, 0.1) is 17.2 Å². The number of sulfone groups is 1. The fourth-order valence-corrected chi connectivity index (χ4v) is 5.15. The molecule has 1 unspecified atom stereocenters. The Morgan fingerprint density at radius 2 is 1.76 bits per heavy atom. The molecule has 0 saturated heterocycles. The molecule has 0 spiro atoms. The van der Waals surface area contributed by atoms with E-state index in [1.165, 1.54) is 24.3 Å². The molecular formula is C30H26F3N5O3S. The number of aromatic nitrogens is 2. The Hall–Kier alpha value is -4.47. The molecule has 1 amide bonds. The Balaban J connectivity index is 1.46. The summed E-state index contributed by atoms with van der Waals surface area (Å²) < 4.78 is 65.4. The van der Waals surface area contributed by atoms with Gasteiger partial charge in [0.1, 0.15) is 5.69 Å². The van der Waals surface area contributed by atoms with Crippen molar-refractivity contribution < 1.29 is 26.4 Å². The average Bonchev–Trinajstić information content (AvgIpc) is 3.66. The van der Waals surface area contributed by atoms with Gasteiger partial charge >= 0.3 is 6.18 Å². The Bertz CT molecular complexity index is 1770. The third-order valence-corrected chi connectivity index (χ3v) is 8.01. The van der Waals surface area contributed by atoms with Crippen LogP contribution >= 0.6 is 0 Å². The maximum absolute atomic E-state index is 13.6. The van der Waals surface area contributed by atoms with Crippen molar-refractivity contribution in [3.05, 3.63) is 107 Å². The maximum Gasteiger partial charge on any atom is 0.435 e. The van der Waals surface area contributed by atoms with Gasteiger partial charge in [-0.1, -0.05) is 30.3 Å². The van der Waals surface area contributed by atoms with E-state index < -0.39 is 27.6 Å². The molecule has 0 bridgehead atoms. The third kappa shape index (κ3) is 6.70. The van der Waals surface area contributed by atoms with Gasteiger partial charge in [0, 0.05) is 18.0 Å². The lowest BCUT2D eigenvalue weighted by molar-refractivity contribution is -0.141. The Morgan fingerprint density at radius 1 is 1.05 bits per heavy atom. The number of benzene rings is 3. The highest BCUT2D eigenvalue weighted by Crippen LogP contribution is 2.32. The summed E-state index contributed by atoms with van der Waals surface area (Å²) in [5.74, 6) is -0.272. The molecule has 12 heteroatoms. The number of anilines is 1. The van der Waals surface area contributed by atoms with Crippen molar-refractivity contribution in [1.82, 2.24) is 15.1 Å². The van der Waals surface area contributed by atoms with E-state index in [4.69, 9.17) is 0 Å². The molecule has 1 aromatic heterocycles. The Labute approximate surface area is 240 Å². The summed E-state index contributed by atoms with van der Waals surface area (Å²) >= 11 is 0. The fraction of sp³-hybridized carbons (Fsp3) is 0.233. The number of hydrogen-bond donors (Lipinski definition) is 2. The van der Waals surface area contributed by atoms with Gasteiger partial charge in [0.25, 0.3) is 5.91 Å². The van der Waals surface area contributed by atoms with Crippen molar-refractivity contribution in [3.63, 3.8) is 0 Å². The van der Waals surface area contributed by atoms with Gasteiger partial charge in [0.2, 0.25) is 0 Å². The first-order chi connectivity index (χ1) is 19.9. The highest BCUT2D eigenvalue weighted by atomic mass is 32.2. The van der Waals surface area contributed by atoms with Crippen molar-refractivity contribution in [1.29, 1.82) is 5.26 Å². The van der Waals surface area contributed by atoms with Gasteiger partial charge in [0.15, 0.2) is 15.5 Å². The molecule has 1 fully saturated rings. The van der Waals surface area contributed by atoms with Crippen molar-refractivity contribution in [2.45, 2.75) is 30.0 Å². The van der Waals surface area contributed by atoms with E-state index in [1.54, 1.807) is 42.5 Å². The molecule has 8 nitrogen and oxygen atoms in total. The summed E-state index contributed by atoms with van der Waals surface area (Å²) in [4.78, 5) is 13.5. The third-order valence-electron chi connectivity index (χ3n) is 6.88. The monoisotopic (exact) mass is 593 g/mol. The number of alkyl halides is 3. The molecule has 1 saturated carbocycles. The second-order valence-corrected chi connectivity index (χ2v) is 12.2. The van der Waals surface area contributed by atoms with Crippen molar-refractivity contribution in [2.24, 2.45) is 5.92 Å². The number of nitriles is 1. The zero-order valence-electron chi connectivity index (χ0n) is 22.4. The largest absolute Gasteiger partial charge is 0.435 e. The van der Waals surface area contributed by atoms with E-state index in [0.29, 0.717) is 17.7 Å². The van der Waals surface area contributed by atoms with Gasteiger partial charge in [-0.15, -0.1) is 0 Å². The van der Waals surface area contributed by atoms with Gasteiger partial charge in [0.05, 0.1) is 28.3 Å². The number of rotatable bonds is 9. The second kappa shape index (κ2) is 11.4. The predicted octanol–water partition coefficient (Wildman–Crippen LogP) is 5.51. The van der Waals surface area contributed by atoms with E-state index in [1.807, 2.05) is 12.1 Å². The van der Waals surface area contributed by atoms with Crippen LogP contribution in [0.4, 0.5) is 18.9 Å². The van der Waals surface area contributed by atoms with Crippen LogP contribution in [0.25, 0.3) is 5.69 Å².